The number of rotatable bonds is 2. The highest BCUT2D eigenvalue weighted by Gasteiger charge is 2.39. The van der Waals surface area contributed by atoms with E-state index in [0.717, 1.165) is 11.5 Å². The Bertz CT molecular complexity index is 348. The molecule has 3 atom stereocenters. The first-order valence-electron chi connectivity index (χ1n) is 4.99. The molecule has 0 nitrogen and oxygen atoms in total. The molecular formula is C12H14ClF. The molecule has 0 saturated heterocycles. The second-order valence-electron chi connectivity index (χ2n) is 4.29. The maximum atomic E-state index is 13.0. The van der Waals surface area contributed by atoms with Gasteiger partial charge in [0, 0.05) is 0 Å². The van der Waals surface area contributed by atoms with Gasteiger partial charge in [-0.15, -0.1) is 11.6 Å². The molecule has 3 unspecified atom stereocenters. The van der Waals surface area contributed by atoms with Crippen LogP contribution < -0.4 is 0 Å². The zero-order valence-corrected chi connectivity index (χ0v) is 9.18. The molecule has 0 aromatic heterocycles. The predicted molar refractivity (Wildman–Crippen MR) is 57.0 cm³/mol. The molecule has 0 radical (unpaired) electrons. The first-order chi connectivity index (χ1) is 6.59. The first kappa shape index (κ1) is 9.97. The molecule has 1 fully saturated rings. The number of benzene rings is 1. The van der Waals surface area contributed by atoms with E-state index in [2.05, 4.69) is 6.92 Å². The van der Waals surface area contributed by atoms with Crippen LogP contribution in [0.5, 0.6) is 0 Å². The van der Waals surface area contributed by atoms with Crippen LogP contribution in [0.15, 0.2) is 18.2 Å². The molecule has 0 N–H and O–H groups in total. The standard InChI is InChI=1S/C12H14ClF/c1-7-6-10(7)12(13)9-3-4-11(14)8(2)5-9/h3-5,7,10,12H,6H2,1-2H3. The molecule has 0 spiro atoms. The van der Waals surface area contributed by atoms with Crippen LogP contribution in [0.25, 0.3) is 0 Å². The van der Waals surface area contributed by atoms with Crippen LogP contribution in [0, 0.1) is 24.6 Å². The Morgan fingerprint density at radius 3 is 2.64 bits per heavy atom. The Kier molecular flexibility index (Phi) is 2.52. The van der Waals surface area contributed by atoms with Gasteiger partial charge in [0.05, 0.1) is 5.38 Å². The van der Waals surface area contributed by atoms with Crippen LogP contribution >= 0.6 is 11.6 Å². The number of aryl methyl sites for hydroxylation is 1. The Balaban J connectivity index is 2.20. The fourth-order valence-corrected chi connectivity index (χ4v) is 2.33. The van der Waals surface area contributed by atoms with E-state index in [9.17, 15) is 4.39 Å². The summed E-state index contributed by atoms with van der Waals surface area (Å²) in [7, 11) is 0. The van der Waals surface area contributed by atoms with Gasteiger partial charge in [0.2, 0.25) is 0 Å². The minimum absolute atomic E-state index is 0.0595. The molecule has 1 saturated carbocycles. The summed E-state index contributed by atoms with van der Waals surface area (Å²) in [6.07, 6.45) is 1.20. The summed E-state index contributed by atoms with van der Waals surface area (Å²) in [6, 6.07) is 5.16. The summed E-state index contributed by atoms with van der Waals surface area (Å²) < 4.78 is 13.0. The van der Waals surface area contributed by atoms with E-state index in [1.807, 2.05) is 6.07 Å². The van der Waals surface area contributed by atoms with E-state index in [0.29, 0.717) is 11.5 Å². The highest BCUT2D eigenvalue weighted by molar-refractivity contribution is 6.21. The lowest BCUT2D eigenvalue weighted by Crippen LogP contribution is -1.96. The van der Waals surface area contributed by atoms with E-state index in [4.69, 9.17) is 11.6 Å². The topological polar surface area (TPSA) is 0 Å². The Labute approximate surface area is 89.1 Å². The smallest absolute Gasteiger partial charge is 0.126 e. The van der Waals surface area contributed by atoms with Gasteiger partial charge in [-0.25, -0.2) is 4.39 Å². The van der Waals surface area contributed by atoms with Gasteiger partial charge < -0.3 is 0 Å². The van der Waals surface area contributed by atoms with Gasteiger partial charge in [0.25, 0.3) is 0 Å². The lowest BCUT2D eigenvalue weighted by Gasteiger charge is -2.09. The van der Waals surface area contributed by atoms with Crippen LogP contribution in [-0.4, -0.2) is 0 Å². The van der Waals surface area contributed by atoms with Crippen molar-refractivity contribution < 1.29 is 4.39 Å². The summed E-state index contributed by atoms with van der Waals surface area (Å²) in [4.78, 5) is 0. The molecule has 1 aliphatic carbocycles. The van der Waals surface area contributed by atoms with Crippen molar-refractivity contribution in [1.82, 2.24) is 0 Å². The van der Waals surface area contributed by atoms with E-state index >= 15 is 0 Å². The first-order valence-corrected chi connectivity index (χ1v) is 5.43. The lowest BCUT2D eigenvalue weighted by molar-refractivity contribution is 0.616. The summed E-state index contributed by atoms with van der Waals surface area (Å²) in [5.74, 6) is 1.16. The van der Waals surface area contributed by atoms with Crippen LogP contribution in [0.1, 0.15) is 29.8 Å². The van der Waals surface area contributed by atoms with Gasteiger partial charge in [0.1, 0.15) is 5.82 Å². The Morgan fingerprint density at radius 2 is 2.14 bits per heavy atom. The third kappa shape index (κ3) is 1.78. The molecular weight excluding hydrogens is 199 g/mol. The highest BCUT2D eigenvalue weighted by Crippen LogP contribution is 2.50. The Morgan fingerprint density at radius 1 is 1.50 bits per heavy atom. The average Bonchev–Trinajstić information content (AvgIpc) is 2.86. The van der Waals surface area contributed by atoms with Crippen molar-refractivity contribution in [2.24, 2.45) is 11.8 Å². The van der Waals surface area contributed by atoms with E-state index in [-0.39, 0.29) is 11.2 Å². The number of hydrogen-bond donors (Lipinski definition) is 0. The summed E-state index contributed by atoms with van der Waals surface area (Å²) in [5, 5.41) is 0.0595. The zero-order chi connectivity index (χ0) is 10.3. The van der Waals surface area contributed by atoms with Crippen LogP contribution in [-0.2, 0) is 0 Å². The molecule has 0 aliphatic heterocycles. The molecule has 1 aromatic carbocycles. The van der Waals surface area contributed by atoms with Gasteiger partial charge >= 0.3 is 0 Å². The third-order valence-corrected chi connectivity index (χ3v) is 3.62. The molecule has 0 heterocycles. The second kappa shape index (κ2) is 3.54. The van der Waals surface area contributed by atoms with Gasteiger partial charge in [-0.2, -0.15) is 0 Å². The molecule has 2 rings (SSSR count). The molecule has 14 heavy (non-hydrogen) atoms. The minimum Gasteiger partial charge on any atom is -0.207 e. The fraction of sp³-hybridized carbons (Fsp3) is 0.500. The van der Waals surface area contributed by atoms with E-state index in [1.54, 1.807) is 13.0 Å². The number of halogens is 2. The van der Waals surface area contributed by atoms with Gasteiger partial charge in [-0.1, -0.05) is 19.1 Å². The van der Waals surface area contributed by atoms with Crippen LogP contribution in [0.4, 0.5) is 4.39 Å². The largest absolute Gasteiger partial charge is 0.207 e. The van der Waals surface area contributed by atoms with Crippen molar-refractivity contribution in [2.45, 2.75) is 25.6 Å². The normalized spacial score (nSPS) is 27.4. The maximum absolute atomic E-state index is 13.0. The maximum Gasteiger partial charge on any atom is 0.126 e. The van der Waals surface area contributed by atoms with Crippen molar-refractivity contribution in [3.8, 4) is 0 Å². The van der Waals surface area contributed by atoms with Gasteiger partial charge in [0.15, 0.2) is 0 Å². The quantitative estimate of drug-likeness (QED) is 0.649. The predicted octanol–water partition coefficient (Wildman–Crippen LogP) is 4.07. The highest BCUT2D eigenvalue weighted by atomic mass is 35.5. The van der Waals surface area contributed by atoms with Crippen molar-refractivity contribution in [2.75, 3.05) is 0 Å². The number of hydrogen-bond acceptors (Lipinski definition) is 0. The van der Waals surface area contributed by atoms with Crippen molar-refractivity contribution in [3.05, 3.63) is 35.1 Å². The third-order valence-electron chi connectivity index (χ3n) is 3.05. The van der Waals surface area contributed by atoms with E-state index < -0.39 is 0 Å². The van der Waals surface area contributed by atoms with Crippen molar-refractivity contribution in [1.29, 1.82) is 0 Å². The SMILES string of the molecule is Cc1cc(C(Cl)C2CC2C)ccc1F. The number of alkyl halides is 1. The molecule has 76 valence electrons. The van der Waals surface area contributed by atoms with Crippen LogP contribution in [0.3, 0.4) is 0 Å². The van der Waals surface area contributed by atoms with Gasteiger partial charge in [-0.05, 0) is 42.4 Å². The van der Waals surface area contributed by atoms with Crippen LogP contribution in [0.2, 0.25) is 0 Å². The van der Waals surface area contributed by atoms with Crippen molar-refractivity contribution >= 4 is 11.6 Å². The lowest BCUT2D eigenvalue weighted by atomic mass is 10.0. The van der Waals surface area contributed by atoms with Gasteiger partial charge in [-0.3, -0.25) is 0 Å². The molecule has 0 bridgehead atoms. The summed E-state index contributed by atoms with van der Waals surface area (Å²) in [6.45, 7) is 3.98. The zero-order valence-electron chi connectivity index (χ0n) is 8.43. The average molecular weight is 213 g/mol. The molecule has 2 heteroatoms. The fourth-order valence-electron chi connectivity index (χ4n) is 1.85. The van der Waals surface area contributed by atoms with Crippen molar-refractivity contribution in [3.63, 3.8) is 0 Å². The Hall–Kier alpha value is -0.560. The minimum atomic E-state index is -0.151. The second-order valence-corrected chi connectivity index (χ2v) is 4.76. The monoisotopic (exact) mass is 212 g/mol. The summed E-state index contributed by atoms with van der Waals surface area (Å²) >= 11 is 6.30. The molecule has 1 aliphatic rings. The summed E-state index contributed by atoms with van der Waals surface area (Å²) in [5.41, 5.74) is 1.74. The van der Waals surface area contributed by atoms with E-state index in [1.165, 1.54) is 12.5 Å². The molecule has 0 amide bonds. The molecule has 1 aromatic rings.